The van der Waals surface area contributed by atoms with Crippen LogP contribution < -0.4 is 5.32 Å². The standard InChI is InChI=1S/C16H21NO3S/c1-16(2,13-8-5-9-21-13)10-17-14(18)11-6-3-4-7-12(11)15(19)20/h3-5,8-9,11-12H,6-7,10H2,1-2H3,(H,17,18)(H,19,20). The topological polar surface area (TPSA) is 66.4 Å². The third kappa shape index (κ3) is 3.73. The summed E-state index contributed by atoms with van der Waals surface area (Å²) in [5.74, 6) is -2.13. The van der Waals surface area contributed by atoms with Crippen LogP contribution in [-0.4, -0.2) is 23.5 Å². The molecule has 0 bridgehead atoms. The number of allylic oxidation sites excluding steroid dienone is 2. The highest BCUT2D eigenvalue weighted by Gasteiger charge is 2.34. The molecule has 1 amide bonds. The number of nitrogens with one attached hydrogen (secondary N) is 1. The minimum Gasteiger partial charge on any atom is -0.481 e. The van der Waals surface area contributed by atoms with E-state index < -0.39 is 17.8 Å². The van der Waals surface area contributed by atoms with E-state index in [0.717, 1.165) is 0 Å². The Kier molecular flexibility index (Phi) is 4.83. The van der Waals surface area contributed by atoms with Gasteiger partial charge in [-0.2, -0.15) is 0 Å². The molecule has 2 unspecified atom stereocenters. The minimum absolute atomic E-state index is 0.146. The Morgan fingerprint density at radius 2 is 2.00 bits per heavy atom. The van der Waals surface area contributed by atoms with E-state index in [1.165, 1.54) is 4.88 Å². The molecule has 0 radical (unpaired) electrons. The summed E-state index contributed by atoms with van der Waals surface area (Å²) in [5.41, 5.74) is -0.146. The van der Waals surface area contributed by atoms with Crippen LogP contribution in [0.5, 0.6) is 0 Å². The molecule has 1 aliphatic rings. The Balaban J connectivity index is 1.98. The van der Waals surface area contributed by atoms with Crippen molar-refractivity contribution in [3.05, 3.63) is 34.5 Å². The lowest BCUT2D eigenvalue weighted by atomic mass is 9.82. The van der Waals surface area contributed by atoms with Gasteiger partial charge in [-0.05, 0) is 24.3 Å². The zero-order valence-corrected chi connectivity index (χ0v) is 13.2. The van der Waals surface area contributed by atoms with E-state index in [0.29, 0.717) is 19.4 Å². The van der Waals surface area contributed by atoms with Crippen LogP contribution in [0.3, 0.4) is 0 Å². The molecule has 1 aromatic rings. The van der Waals surface area contributed by atoms with Crippen LogP contribution in [0.15, 0.2) is 29.7 Å². The van der Waals surface area contributed by atoms with E-state index in [1.807, 2.05) is 23.6 Å². The van der Waals surface area contributed by atoms with Crippen molar-refractivity contribution in [1.82, 2.24) is 5.32 Å². The predicted octanol–water partition coefficient (Wildman–Crippen LogP) is 2.81. The second kappa shape index (κ2) is 6.43. The van der Waals surface area contributed by atoms with E-state index >= 15 is 0 Å². The molecule has 0 saturated carbocycles. The van der Waals surface area contributed by atoms with Crippen LogP contribution in [0.25, 0.3) is 0 Å². The molecule has 21 heavy (non-hydrogen) atoms. The molecule has 0 fully saturated rings. The van der Waals surface area contributed by atoms with Crippen LogP contribution in [0.2, 0.25) is 0 Å². The van der Waals surface area contributed by atoms with Crippen molar-refractivity contribution in [2.45, 2.75) is 32.1 Å². The summed E-state index contributed by atoms with van der Waals surface area (Å²) in [5, 5.41) is 14.2. The fourth-order valence-electron chi connectivity index (χ4n) is 2.57. The molecule has 114 valence electrons. The molecule has 1 aromatic heterocycles. The third-order valence-corrected chi connectivity index (χ3v) is 5.21. The van der Waals surface area contributed by atoms with Gasteiger partial charge >= 0.3 is 5.97 Å². The van der Waals surface area contributed by atoms with E-state index in [4.69, 9.17) is 0 Å². The molecule has 2 rings (SSSR count). The van der Waals surface area contributed by atoms with E-state index in [1.54, 1.807) is 11.3 Å². The molecule has 2 N–H and O–H groups in total. The Morgan fingerprint density at radius 1 is 1.33 bits per heavy atom. The van der Waals surface area contributed by atoms with E-state index in [-0.39, 0.29) is 11.3 Å². The fourth-order valence-corrected chi connectivity index (χ4v) is 3.42. The predicted molar refractivity (Wildman–Crippen MR) is 83.3 cm³/mol. The number of aliphatic carboxylic acids is 1. The van der Waals surface area contributed by atoms with Gasteiger partial charge in [0.05, 0.1) is 11.8 Å². The number of amides is 1. The molecular weight excluding hydrogens is 286 g/mol. The van der Waals surface area contributed by atoms with Crippen molar-refractivity contribution in [3.63, 3.8) is 0 Å². The van der Waals surface area contributed by atoms with Crippen LogP contribution in [0.4, 0.5) is 0 Å². The summed E-state index contributed by atoms with van der Waals surface area (Å²) in [7, 11) is 0. The summed E-state index contributed by atoms with van der Waals surface area (Å²) >= 11 is 1.67. The maximum absolute atomic E-state index is 12.3. The van der Waals surface area contributed by atoms with Gasteiger partial charge in [0.15, 0.2) is 0 Å². The fraction of sp³-hybridized carbons (Fsp3) is 0.500. The minimum atomic E-state index is -0.892. The quantitative estimate of drug-likeness (QED) is 0.822. The zero-order valence-electron chi connectivity index (χ0n) is 12.3. The summed E-state index contributed by atoms with van der Waals surface area (Å²) in [4.78, 5) is 24.8. The maximum Gasteiger partial charge on any atom is 0.307 e. The van der Waals surface area contributed by atoms with Crippen molar-refractivity contribution >= 4 is 23.2 Å². The summed E-state index contributed by atoms with van der Waals surface area (Å²) in [6, 6.07) is 4.05. The number of hydrogen-bond acceptors (Lipinski definition) is 3. The normalized spacial score (nSPS) is 22.0. The molecule has 0 saturated heterocycles. The molecule has 0 spiro atoms. The Bertz CT molecular complexity index is 534. The van der Waals surface area contributed by atoms with Crippen molar-refractivity contribution in [2.24, 2.45) is 11.8 Å². The Labute approximate surface area is 128 Å². The first-order valence-electron chi connectivity index (χ1n) is 7.11. The molecule has 5 heteroatoms. The van der Waals surface area contributed by atoms with Gasteiger partial charge in [-0.1, -0.05) is 32.1 Å². The number of hydrogen-bond donors (Lipinski definition) is 2. The first-order chi connectivity index (χ1) is 9.92. The van der Waals surface area contributed by atoms with Crippen molar-refractivity contribution < 1.29 is 14.7 Å². The van der Waals surface area contributed by atoms with E-state index in [9.17, 15) is 14.7 Å². The number of carbonyl (C=O) groups excluding carboxylic acids is 1. The average Bonchev–Trinajstić information content (AvgIpc) is 3.00. The molecule has 0 aliphatic heterocycles. The smallest absolute Gasteiger partial charge is 0.307 e. The lowest BCUT2D eigenvalue weighted by Crippen LogP contribution is -2.43. The van der Waals surface area contributed by atoms with Gasteiger partial charge in [0, 0.05) is 16.8 Å². The largest absolute Gasteiger partial charge is 0.481 e. The van der Waals surface area contributed by atoms with Crippen molar-refractivity contribution in [3.8, 4) is 0 Å². The zero-order chi connectivity index (χ0) is 15.5. The third-order valence-electron chi connectivity index (χ3n) is 3.98. The highest BCUT2D eigenvalue weighted by Crippen LogP contribution is 2.28. The summed E-state index contributed by atoms with van der Waals surface area (Å²) in [6.07, 6.45) is 4.68. The maximum atomic E-state index is 12.3. The van der Waals surface area contributed by atoms with Crippen LogP contribution in [0.1, 0.15) is 31.6 Å². The Morgan fingerprint density at radius 3 is 2.57 bits per heavy atom. The van der Waals surface area contributed by atoms with Gasteiger partial charge in [-0.25, -0.2) is 0 Å². The number of carboxylic acids is 1. The van der Waals surface area contributed by atoms with E-state index in [2.05, 4.69) is 25.2 Å². The van der Waals surface area contributed by atoms with Gasteiger partial charge < -0.3 is 10.4 Å². The summed E-state index contributed by atoms with van der Waals surface area (Å²) in [6.45, 7) is 4.67. The highest BCUT2D eigenvalue weighted by atomic mass is 32.1. The van der Waals surface area contributed by atoms with Gasteiger partial charge in [0.2, 0.25) is 5.91 Å². The van der Waals surface area contributed by atoms with Crippen LogP contribution in [0, 0.1) is 11.8 Å². The lowest BCUT2D eigenvalue weighted by molar-refractivity contribution is -0.147. The molecule has 1 heterocycles. The second-order valence-corrected chi connectivity index (χ2v) is 7.02. The monoisotopic (exact) mass is 307 g/mol. The van der Waals surface area contributed by atoms with Crippen LogP contribution >= 0.6 is 11.3 Å². The SMILES string of the molecule is CC(C)(CNC(=O)C1CC=CCC1C(=O)O)c1cccs1. The first kappa shape index (κ1) is 15.8. The summed E-state index contributed by atoms with van der Waals surface area (Å²) < 4.78 is 0. The number of carboxylic acid groups (broad SMARTS) is 1. The lowest BCUT2D eigenvalue weighted by Gasteiger charge is -2.28. The Hall–Kier alpha value is -1.62. The van der Waals surface area contributed by atoms with Gasteiger partial charge in [0.25, 0.3) is 0 Å². The number of rotatable bonds is 5. The molecule has 2 atom stereocenters. The van der Waals surface area contributed by atoms with Gasteiger partial charge in [-0.15, -0.1) is 11.3 Å². The average molecular weight is 307 g/mol. The number of thiophene rings is 1. The van der Waals surface area contributed by atoms with Gasteiger partial charge in [-0.3, -0.25) is 9.59 Å². The highest BCUT2D eigenvalue weighted by molar-refractivity contribution is 7.10. The van der Waals surface area contributed by atoms with Crippen LogP contribution in [-0.2, 0) is 15.0 Å². The molecule has 4 nitrogen and oxygen atoms in total. The number of carbonyl (C=O) groups is 2. The molecular formula is C16H21NO3S. The first-order valence-corrected chi connectivity index (χ1v) is 7.99. The van der Waals surface area contributed by atoms with Crippen molar-refractivity contribution in [2.75, 3.05) is 6.54 Å². The molecule has 0 aromatic carbocycles. The van der Waals surface area contributed by atoms with Gasteiger partial charge in [0.1, 0.15) is 0 Å². The second-order valence-electron chi connectivity index (χ2n) is 6.07. The molecule has 1 aliphatic carbocycles. The van der Waals surface area contributed by atoms with Crippen molar-refractivity contribution in [1.29, 1.82) is 0 Å².